The molecule has 4 aromatic rings. The second-order valence-electron chi connectivity index (χ2n) is 8.11. The van der Waals surface area contributed by atoms with Gasteiger partial charge in [-0.05, 0) is 36.6 Å². The highest BCUT2D eigenvalue weighted by Gasteiger charge is 2.26. The zero-order valence-corrected chi connectivity index (χ0v) is 20.2. The largest absolute Gasteiger partial charge is 0.462 e. The number of carbonyl (C=O) groups is 2. The Labute approximate surface area is 209 Å². The molecule has 1 amide bonds. The molecule has 0 saturated carbocycles. The minimum atomic E-state index is -0.759. The lowest BCUT2D eigenvalue weighted by Gasteiger charge is -2.17. The van der Waals surface area contributed by atoms with Gasteiger partial charge in [0.25, 0.3) is 5.56 Å². The molecule has 0 bridgehead atoms. The van der Waals surface area contributed by atoms with Gasteiger partial charge in [0.05, 0.1) is 12.3 Å². The lowest BCUT2D eigenvalue weighted by atomic mass is 9.95. The first-order chi connectivity index (χ1) is 17.5. The molecule has 3 aromatic carbocycles. The molecule has 0 fully saturated rings. The predicted molar refractivity (Wildman–Crippen MR) is 140 cm³/mol. The van der Waals surface area contributed by atoms with Gasteiger partial charge in [-0.15, -0.1) is 0 Å². The second kappa shape index (κ2) is 11.3. The van der Waals surface area contributed by atoms with Crippen LogP contribution in [0.25, 0.3) is 22.4 Å². The summed E-state index contributed by atoms with van der Waals surface area (Å²) in [4.78, 5) is 39.5. The van der Waals surface area contributed by atoms with Crippen LogP contribution in [0.3, 0.4) is 0 Å². The Bertz CT molecular complexity index is 1410. The summed E-state index contributed by atoms with van der Waals surface area (Å²) in [7, 11) is 0. The van der Waals surface area contributed by atoms with Crippen molar-refractivity contribution in [2.45, 2.75) is 26.8 Å². The number of hydrogen-bond acceptors (Lipinski definition) is 5. The Balaban J connectivity index is 1.83. The van der Waals surface area contributed by atoms with Crippen molar-refractivity contribution in [2.75, 3.05) is 11.9 Å². The molecule has 0 atom stereocenters. The Morgan fingerprint density at radius 3 is 2.06 bits per heavy atom. The fraction of sp³-hybridized carbons (Fsp3) is 0.172. The number of benzene rings is 3. The van der Waals surface area contributed by atoms with Crippen LogP contribution in [0.2, 0.25) is 0 Å². The maximum Gasteiger partial charge on any atom is 0.344 e. The van der Waals surface area contributed by atoms with Crippen LogP contribution in [-0.2, 0) is 22.5 Å². The van der Waals surface area contributed by atoms with E-state index in [1.165, 1.54) is 0 Å². The number of esters is 1. The highest BCUT2D eigenvalue weighted by atomic mass is 16.5. The van der Waals surface area contributed by atoms with Crippen molar-refractivity contribution in [2.24, 2.45) is 0 Å². The maximum absolute atomic E-state index is 13.6. The summed E-state index contributed by atoms with van der Waals surface area (Å²) >= 11 is 0. The molecule has 182 valence electrons. The van der Waals surface area contributed by atoms with Gasteiger partial charge in [-0.1, -0.05) is 79.7 Å². The van der Waals surface area contributed by atoms with Crippen molar-refractivity contribution in [3.8, 4) is 22.4 Å². The molecule has 36 heavy (non-hydrogen) atoms. The van der Waals surface area contributed by atoms with Gasteiger partial charge in [0.15, 0.2) is 0 Å². The zero-order chi connectivity index (χ0) is 25.5. The number of carbonyl (C=O) groups excluding carboxylic acids is 2. The van der Waals surface area contributed by atoms with Gasteiger partial charge >= 0.3 is 5.97 Å². The number of nitrogens with zero attached hydrogens (tertiary/aromatic N) is 2. The van der Waals surface area contributed by atoms with Crippen LogP contribution in [-0.4, -0.2) is 28.3 Å². The molecule has 0 radical (unpaired) electrons. The molecule has 1 heterocycles. The van der Waals surface area contributed by atoms with Crippen molar-refractivity contribution in [3.05, 3.63) is 106 Å². The van der Waals surface area contributed by atoms with Gasteiger partial charge in [0.1, 0.15) is 12.1 Å². The van der Waals surface area contributed by atoms with Gasteiger partial charge < -0.3 is 10.1 Å². The quantitative estimate of drug-likeness (QED) is 0.360. The van der Waals surface area contributed by atoms with Crippen molar-refractivity contribution in [3.63, 3.8) is 0 Å². The van der Waals surface area contributed by atoms with Crippen LogP contribution >= 0.6 is 0 Å². The van der Waals surface area contributed by atoms with E-state index in [9.17, 15) is 14.4 Å². The van der Waals surface area contributed by atoms with Crippen LogP contribution in [0, 0.1) is 0 Å². The third kappa shape index (κ3) is 5.41. The van der Waals surface area contributed by atoms with Gasteiger partial charge in [-0.3, -0.25) is 9.59 Å². The Hall–Kier alpha value is -4.52. The first kappa shape index (κ1) is 24.6. The first-order valence-electron chi connectivity index (χ1n) is 11.8. The molecule has 0 unspecified atom stereocenters. The number of aromatic nitrogens is 2. The molecule has 7 heteroatoms. The molecule has 0 saturated heterocycles. The molecule has 0 spiro atoms. The normalized spacial score (nSPS) is 10.6. The fourth-order valence-corrected chi connectivity index (χ4v) is 3.91. The number of anilines is 1. The summed E-state index contributed by atoms with van der Waals surface area (Å²) in [6.45, 7) is 3.46. The molecule has 0 aliphatic rings. The van der Waals surface area contributed by atoms with E-state index in [0.29, 0.717) is 28.1 Å². The van der Waals surface area contributed by atoms with E-state index >= 15 is 0 Å². The number of ether oxygens (including phenoxy) is 1. The standard InChI is InChI=1S/C29H27N3O4/c1-3-20-15-17-23(18-16-20)30-24(33)19-32-28(34)26(29(35)36-4-2)25(21-11-7-5-8-12-21)27(31-32)22-13-9-6-10-14-22/h5-18H,3-4,19H2,1-2H3,(H,30,33). The van der Waals surface area contributed by atoms with E-state index in [4.69, 9.17) is 4.74 Å². The number of aryl methyl sites for hydroxylation is 1. The Morgan fingerprint density at radius 1 is 0.861 bits per heavy atom. The van der Waals surface area contributed by atoms with E-state index in [0.717, 1.165) is 16.7 Å². The minimum Gasteiger partial charge on any atom is -0.462 e. The Kier molecular flexibility index (Phi) is 7.70. The van der Waals surface area contributed by atoms with Crippen molar-refractivity contribution < 1.29 is 14.3 Å². The Morgan fingerprint density at radius 2 is 1.47 bits per heavy atom. The van der Waals surface area contributed by atoms with E-state index in [2.05, 4.69) is 17.3 Å². The molecule has 0 aliphatic carbocycles. The monoisotopic (exact) mass is 481 g/mol. The highest BCUT2D eigenvalue weighted by molar-refractivity contribution is 6.01. The van der Waals surface area contributed by atoms with Crippen molar-refractivity contribution >= 4 is 17.6 Å². The summed E-state index contributed by atoms with van der Waals surface area (Å²) < 4.78 is 6.28. The summed E-state index contributed by atoms with van der Waals surface area (Å²) in [5, 5.41) is 7.36. The van der Waals surface area contributed by atoms with Crippen LogP contribution < -0.4 is 10.9 Å². The third-order valence-electron chi connectivity index (χ3n) is 5.68. The van der Waals surface area contributed by atoms with Crippen LogP contribution in [0.1, 0.15) is 29.8 Å². The van der Waals surface area contributed by atoms with E-state index in [1.807, 2.05) is 84.9 Å². The second-order valence-corrected chi connectivity index (χ2v) is 8.11. The summed E-state index contributed by atoms with van der Waals surface area (Å²) in [6, 6.07) is 25.8. The number of amides is 1. The summed E-state index contributed by atoms with van der Waals surface area (Å²) in [5.74, 6) is -1.19. The molecule has 4 rings (SSSR count). The summed E-state index contributed by atoms with van der Waals surface area (Å²) in [5.41, 5.74) is 3.04. The molecule has 1 N–H and O–H groups in total. The van der Waals surface area contributed by atoms with Gasteiger partial charge in [-0.2, -0.15) is 5.10 Å². The average Bonchev–Trinajstić information content (AvgIpc) is 2.91. The zero-order valence-electron chi connectivity index (χ0n) is 20.2. The first-order valence-corrected chi connectivity index (χ1v) is 11.8. The molecular weight excluding hydrogens is 454 g/mol. The van der Waals surface area contributed by atoms with Crippen LogP contribution in [0.5, 0.6) is 0 Å². The van der Waals surface area contributed by atoms with E-state index < -0.39 is 17.4 Å². The number of hydrogen-bond donors (Lipinski definition) is 1. The van der Waals surface area contributed by atoms with Gasteiger partial charge in [-0.25, -0.2) is 9.48 Å². The van der Waals surface area contributed by atoms with E-state index in [1.54, 1.807) is 6.92 Å². The van der Waals surface area contributed by atoms with Crippen LogP contribution in [0.15, 0.2) is 89.7 Å². The summed E-state index contributed by atoms with van der Waals surface area (Å²) in [6.07, 6.45) is 0.889. The maximum atomic E-state index is 13.6. The number of nitrogens with one attached hydrogen (secondary N) is 1. The van der Waals surface area contributed by atoms with E-state index in [-0.39, 0.29) is 18.7 Å². The predicted octanol–water partition coefficient (Wildman–Crippen LogP) is 4.96. The van der Waals surface area contributed by atoms with Gasteiger partial charge in [0, 0.05) is 16.8 Å². The van der Waals surface area contributed by atoms with Gasteiger partial charge in [0.2, 0.25) is 5.91 Å². The molecule has 0 aliphatic heterocycles. The minimum absolute atomic E-state index is 0.101. The SMILES string of the molecule is CCOC(=O)c1c(-c2ccccc2)c(-c2ccccc2)nn(CC(=O)Nc2ccc(CC)cc2)c1=O. The fourth-order valence-electron chi connectivity index (χ4n) is 3.91. The average molecular weight is 482 g/mol. The van der Waals surface area contributed by atoms with Crippen molar-refractivity contribution in [1.29, 1.82) is 0 Å². The van der Waals surface area contributed by atoms with Crippen LogP contribution in [0.4, 0.5) is 5.69 Å². The molecule has 1 aromatic heterocycles. The highest BCUT2D eigenvalue weighted by Crippen LogP contribution is 2.32. The molecular formula is C29H27N3O4. The third-order valence-corrected chi connectivity index (χ3v) is 5.68. The van der Waals surface area contributed by atoms with Crippen molar-refractivity contribution in [1.82, 2.24) is 9.78 Å². The number of rotatable bonds is 8. The lowest BCUT2D eigenvalue weighted by Crippen LogP contribution is -2.34. The topological polar surface area (TPSA) is 90.3 Å². The molecule has 7 nitrogen and oxygen atoms in total. The lowest BCUT2D eigenvalue weighted by molar-refractivity contribution is -0.117. The smallest absolute Gasteiger partial charge is 0.344 e.